The van der Waals surface area contributed by atoms with Gasteiger partial charge in [-0.25, -0.2) is 0 Å². The molecule has 0 aliphatic carbocycles. The second-order valence-corrected chi connectivity index (χ2v) is 5.29. The minimum absolute atomic E-state index is 0.213. The predicted octanol–water partition coefficient (Wildman–Crippen LogP) is 3.78. The van der Waals surface area contributed by atoms with Gasteiger partial charge in [-0.05, 0) is 24.0 Å². The van der Waals surface area contributed by atoms with Crippen molar-refractivity contribution >= 4 is 10.9 Å². The molecule has 0 fully saturated rings. The first-order valence-electron chi connectivity index (χ1n) is 5.47. The maximum Gasteiger partial charge on any atom is 0.0482 e. The third kappa shape index (κ3) is 1.46. The van der Waals surface area contributed by atoms with E-state index < -0.39 is 0 Å². The summed E-state index contributed by atoms with van der Waals surface area (Å²) in [7, 11) is 2.15. The molecule has 1 aromatic carbocycles. The molecule has 0 amide bonds. The van der Waals surface area contributed by atoms with Crippen molar-refractivity contribution in [3.63, 3.8) is 0 Å². The summed E-state index contributed by atoms with van der Waals surface area (Å²) in [6.07, 6.45) is 0. The molecule has 15 heavy (non-hydrogen) atoms. The smallest absolute Gasteiger partial charge is 0.0482 e. The number of nitrogens with zero attached hydrogens (tertiary/aromatic N) is 1. The van der Waals surface area contributed by atoms with Gasteiger partial charge in [0.25, 0.3) is 0 Å². The number of aryl methyl sites for hydroxylation is 1. The molecule has 1 heterocycles. The van der Waals surface area contributed by atoms with Gasteiger partial charge in [-0.15, -0.1) is 0 Å². The Morgan fingerprint density at radius 1 is 1.07 bits per heavy atom. The van der Waals surface area contributed by atoms with E-state index in [2.05, 4.69) is 63.6 Å². The van der Waals surface area contributed by atoms with Gasteiger partial charge >= 0.3 is 0 Å². The third-order valence-corrected chi connectivity index (χ3v) is 3.15. The molecule has 0 atom stereocenters. The highest BCUT2D eigenvalue weighted by molar-refractivity contribution is 5.86. The van der Waals surface area contributed by atoms with Crippen molar-refractivity contribution in [1.82, 2.24) is 4.57 Å². The molecule has 2 rings (SSSR count). The van der Waals surface area contributed by atoms with Crippen LogP contribution in [0.15, 0.2) is 24.3 Å². The normalized spacial score (nSPS) is 12.3. The van der Waals surface area contributed by atoms with E-state index in [1.165, 1.54) is 22.2 Å². The Hall–Kier alpha value is -1.24. The Morgan fingerprint density at radius 3 is 2.27 bits per heavy atom. The summed E-state index contributed by atoms with van der Waals surface area (Å²) >= 11 is 0. The molecule has 2 aromatic rings. The van der Waals surface area contributed by atoms with Crippen molar-refractivity contribution in [3.05, 3.63) is 35.5 Å². The van der Waals surface area contributed by atoms with Gasteiger partial charge in [0.2, 0.25) is 0 Å². The minimum Gasteiger partial charge on any atom is -0.348 e. The second kappa shape index (κ2) is 3.13. The van der Waals surface area contributed by atoms with Crippen LogP contribution in [0.25, 0.3) is 10.9 Å². The first-order valence-corrected chi connectivity index (χ1v) is 5.47. The van der Waals surface area contributed by atoms with Crippen LogP contribution in [0, 0.1) is 6.92 Å². The molecule has 0 radical (unpaired) electrons. The Kier molecular flexibility index (Phi) is 2.14. The standard InChI is InChI=1S/C14H19N/c1-10-13(14(2,3)4)11-8-6-7-9-12(11)15(10)5/h6-9H,1-5H3. The van der Waals surface area contributed by atoms with Crippen molar-refractivity contribution in [2.75, 3.05) is 0 Å². The molecule has 0 unspecified atom stereocenters. The Balaban J connectivity index is 2.90. The molecular formula is C14H19N. The first kappa shape index (κ1) is 10.3. The fraction of sp³-hybridized carbons (Fsp3) is 0.429. The zero-order valence-corrected chi connectivity index (χ0v) is 10.3. The summed E-state index contributed by atoms with van der Waals surface area (Å²) in [6.45, 7) is 9.05. The van der Waals surface area contributed by atoms with Crippen molar-refractivity contribution < 1.29 is 0 Å². The molecular weight excluding hydrogens is 182 g/mol. The van der Waals surface area contributed by atoms with E-state index in [9.17, 15) is 0 Å². The largest absolute Gasteiger partial charge is 0.348 e. The highest BCUT2D eigenvalue weighted by Crippen LogP contribution is 2.34. The van der Waals surface area contributed by atoms with E-state index in [0.717, 1.165) is 0 Å². The summed E-state index contributed by atoms with van der Waals surface area (Å²) in [6, 6.07) is 8.64. The third-order valence-electron chi connectivity index (χ3n) is 3.15. The summed E-state index contributed by atoms with van der Waals surface area (Å²) in [5, 5.41) is 1.39. The Labute approximate surface area is 91.7 Å². The van der Waals surface area contributed by atoms with Crippen molar-refractivity contribution in [2.45, 2.75) is 33.1 Å². The van der Waals surface area contributed by atoms with Gasteiger partial charge in [-0.2, -0.15) is 0 Å². The maximum atomic E-state index is 2.29. The van der Waals surface area contributed by atoms with Crippen LogP contribution in [-0.2, 0) is 12.5 Å². The van der Waals surface area contributed by atoms with Gasteiger partial charge in [0.15, 0.2) is 0 Å². The number of rotatable bonds is 0. The summed E-state index contributed by atoms with van der Waals surface area (Å²) in [4.78, 5) is 0. The monoisotopic (exact) mass is 201 g/mol. The lowest BCUT2D eigenvalue weighted by molar-refractivity contribution is 0.587. The van der Waals surface area contributed by atoms with E-state index in [0.29, 0.717) is 0 Å². The number of hydrogen-bond donors (Lipinski definition) is 0. The quantitative estimate of drug-likeness (QED) is 0.611. The predicted molar refractivity (Wildman–Crippen MR) is 66.4 cm³/mol. The molecule has 1 aromatic heterocycles. The molecule has 0 aliphatic rings. The molecule has 0 aliphatic heterocycles. The van der Waals surface area contributed by atoms with Crippen LogP contribution in [0.2, 0.25) is 0 Å². The average Bonchev–Trinajstić information content (AvgIpc) is 2.39. The van der Waals surface area contributed by atoms with E-state index in [-0.39, 0.29) is 5.41 Å². The van der Waals surface area contributed by atoms with Crippen LogP contribution in [0.3, 0.4) is 0 Å². The molecule has 1 heteroatoms. The molecule has 80 valence electrons. The van der Waals surface area contributed by atoms with E-state index in [1.54, 1.807) is 0 Å². The fourth-order valence-corrected chi connectivity index (χ4v) is 2.47. The highest BCUT2D eigenvalue weighted by Gasteiger charge is 2.22. The van der Waals surface area contributed by atoms with Crippen LogP contribution in [0.4, 0.5) is 0 Å². The van der Waals surface area contributed by atoms with E-state index >= 15 is 0 Å². The fourth-order valence-electron chi connectivity index (χ4n) is 2.47. The lowest BCUT2D eigenvalue weighted by Gasteiger charge is -2.19. The van der Waals surface area contributed by atoms with Crippen molar-refractivity contribution in [1.29, 1.82) is 0 Å². The Morgan fingerprint density at radius 2 is 1.67 bits per heavy atom. The number of fused-ring (bicyclic) bond motifs is 1. The Bertz CT molecular complexity index is 498. The van der Waals surface area contributed by atoms with Crippen LogP contribution in [-0.4, -0.2) is 4.57 Å². The van der Waals surface area contributed by atoms with E-state index in [1.807, 2.05) is 0 Å². The summed E-state index contributed by atoms with van der Waals surface area (Å²) in [5.41, 5.74) is 4.40. The van der Waals surface area contributed by atoms with Crippen LogP contribution in [0.5, 0.6) is 0 Å². The first-order chi connectivity index (χ1) is 6.93. The molecule has 0 N–H and O–H groups in total. The average molecular weight is 201 g/mol. The van der Waals surface area contributed by atoms with Crippen molar-refractivity contribution in [2.24, 2.45) is 7.05 Å². The van der Waals surface area contributed by atoms with Gasteiger partial charge in [0.1, 0.15) is 0 Å². The van der Waals surface area contributed by atoms with Crippen LogP contribution >= 0.6 is 0 Å². The van der Waals surface area contributed by atoms with Gasteiger partial charge in [0.05, 0.1) is 0 Å². The molecule has 1 nitrogen and oxygen atoms in total. The maximum absolute atomic E-state index is 2.29. The number of hydrogen-bond acceptors (Lipinski definition) is 0. The van der Waals surface area contributed by atoms with Gasteiger partial charge in [0, 0.05) is 23.6 Å². The van der Waals surface area contributed by atoms with E-state index in [4.69, 9.17) is 0 Å². The summed E-state index contributed by atoms with van der Waals surface area (Å²) < 4.78 is 2.29. The zero-order valence-electron chi connectivity index (χ0n) is 10.3. The highest BCUT2D eigenvalue weighted by atomic mass is 14.9. The van der Waals surface area contributed by atoms with Crippen molar-refractivity contribution in [3.8, 4) is 0 Å². The zero-order chi connectivity index (χ0) is 11.2. The lowest BCUT2D eigenvalue weighted by Crippen LogP contribution is -2.12. The van der Waals surface area contributed by atoms with Gasteiger partial charge < -0.3 is 4.57 Å². The van der Waals surface area contributed by atoms with Crippen LogP contribution in [0.1, 0.15) is 32.0 Å². The number of benzene rings is 1. The van der Waals surface area contributed by atoms with Gasteiger partial charge in [-0.1, -0.05) is 39.0 Å². The molecule has 0 saturated heterocycles. The molecule has 0 saturated carbocycles. The number of aromatic nitrogens is 1. The molecule has 0 bridgehead atoms. The lowest BCUT2D eigenvalue weighted by atomic mass is 9.85. The minimum atomic E-state index is 0.213. The van der Waals surface area contributed by atoms with Crippen LogP contribution < -0.4 is 0 Å². The topological polar surface area (TPSA) is 4.93 Å². The SMILES string of the molecule is Cc1c(C(C)(C)C)c2ccccc2n1C. The second-order valence-electron chi connectivity index (χ2n) is 5.29. The summed E-state index contributed by atoms with van der Waals surface area (Å²) in [5.74, 6) is 0. The molecule has 0 spiro atoms. The van der Waals surface area contributed by atoms with Gasteiger partial charge in [-0.3, -0.25) is 0 Å². The number of para-hydroxylation sites is 1.